The summed E-state index contributed by atoms with van der Waals surface area (Å²) < 4.78 is 11.5. The maximum absolute atomic E-state index is 14.2. The molecule has 15 heteroatoms. The van der Waals surface area contributed by atoms with E-state index in [1.54, 1.807) is 31.4 Å². The van der Waals surface area contributed by atoms with E-state index in [0.717, 1.165) is 5.56 Å². The third-order valence-electron chi connectivity index (χ3n) is 8.33. The highest BCUT2D eigenvalue weighted by molar-refractivity contribution is 7.09. The molecule has 4 heterocycles. The van der Waals surface area contributed by atoms with Crippen molar-refractivity contribution < 1.29 is 33.1 Å². The summed E-state index contributed by atoms with van der Waals surface area (Å²) >= 11 is 1.23. The number of amides is 5. The van der Waals surface area contributed by atoms with Gasteiger partial charge in [-0.2, -0.15) is 0 Å². The molecule has 4 bridgehead atoms. The maximum atomic E-state index is 14.2. The van der Waals surface area contributed by atoms with Gasteiger partial charge in [0.2, 0.25) is 11.8 Å². The van der Waals surface area contributed by atoms with E-state index < -0.39 is 41.8 Å². The van der Waals surface area contributed by atoms with Gasteiger partial charge in [-0.25, -0.2) is 9.97 Å². The number of ether oxygens (including phenoxy) is 1. The number of carbonyl (C=O) groups is 5. The van der Waals surface area contributed by atoms with E-state index in [9.17, 15) is 24.0 Å². The van der Waals surface area contributed by atoms with Gasteiger partial charge in [-0.3, -0.25) is 24.0 Å². The molecular weight excluding hydrogens is 662 g/mol. The number of hydrogen-bond donors (Lipinski definition) is 4. The average molecular weight is 700 g/mol. The summed E-state index contributed by atoms with van der Waals surface area (Å²) in [7, 11) is 0. The van der Waals surface area contributed by atoms with Crippen molar-refractivity contribution in [3.63, 3.8) is 0 Å². The molecular formula is C35H37N7O7S. The number of thiazole rings is 1. The van der Waals surface area contributed by atoms with E-state index in [2.05, 4.69) is 31.2 Å². The first kappa shape index (κ1) is 34.3. The smallest absolute Gasteiger partial charge is 0.274 e. The largest absolute Gasteiger partial charge is 0.482 e. The third kappa shape index (κ3) is 7.67. The Hall–Kier alpha value is -5.57. The zero-order chi connectivity index (χ0) is 35.5. The van der Waals surface area contributed by atoms with Crippen LogP contribution < -0.4 is 26.0 Å². The molecule has 4 N–H and O–H groups in total. The minimum absolute atomic E-state index is 0.0420. The van der Waals surface area contributed by atoms with Gasteiger partial charge in [-0.05, 0) is 49.9 Å². The number of rotatable bonds is 4. The molecule has 2 aliphatic heterocycles. The normalized spacial score (nSPS) is 20.0. The van der Waals surface area contributed by atoms with Gasteiger partial charge >= 0.3 is 0 Å². The van der Waals surface area contributed by atoms with Gasteiger partial charge in [-0.1, -0.05) is 44.2 Å². The Kier molecular flexibility index (Phi) is 9.95. The second-order valence-electron chi connectivity index (χ2n) is 12.6. The van der Waals surface area contributed by atoms with Gasteiger partial charge in [0.05, 0.1) is 24.3 Å². The zero-order valence-electron chi connectivity index (χ0n) is 27.9. The Morgan fingerprint density at radius 2 is 1.78 bits per heavy atom. The lowest BCUT2D eigenvalue weighted by Gasteiger charge is -2.29. The highest BCUT2D eigenvalue weighted by Gasteiger charge is 2.31. The van der Waals surface area contributed by atoms with Crippen molar-refractivity contribution in [2.75, 3.05) is 25.0 Å². The monoisotopic (exact) mass is 699 g/mol. The number of benzene rings is 2. The van der Waals surface area contributed by atoms with Crippen molar-refractivity contribution in [2.45, 2.75) is 52.2 Å². The van der Waals surface area contributed by atoms with Crippen LogP contribution in [0.15, 0.2) is 58.3 Å². The molecule has 2 aromatic carbocycles. The number of oxazole rings is 1. The molecule has 260 valence electrons. The van der Waals surface area contributed by atoms with E-state index in [1.807, 2.05) is 44.2 Å². The molecule has 4 aromatic rings. The number of nitrogens with one attached hydrogen (secondary N) is 4. The van der Waals surface area contributed by atoms with Crippen LogP contribution in [0, 0.1) is 12.8 Å². The van der Waals surface area contributed by atoms with Crippen LogP contribution in [0.4, 0.5) is 5.69 Å². The Morgan fingerprint density at radius 3 is 2.54 bits per heavy atom. The van der Waals surface area contributed by atoms with Crippen molar-refractivity contribution in [1.82, 2.24) is 30.8 Å². The maximum Gasteiger partial charge on any atom is 0.274 e. The number of nitrogens with zero attached hydrogens (tertiary/aromatic N) is 3. The molecule has 50 heavy (non-hydrogen) atoms. The van der Waals surface area contributed by atoms with Crippen LogP contribution >= 0.6 is 11.3 Å². The Balaban J connectivity index is 1.39. The molecule has 0 saturated carbocycles. The number of carbonyl (C=O) groups excluding carboxylic acids is 5. The molecule has 0 aliphatic carbocycles. The minimum Gasteiger partial charge on any atom is -0.482 e. The fourth-order valence-corrected chi connectivity index (χ4v) is 6.59. The van der Waals surface area contributed by atoms with Crippen molar-refractivity contribution in [3.05, 3.63) is 93.1 Å². The molecule has 5 amide bonds. The summed E-state index contributed by atoms with van der Waals surface area (Å²) in [6.07, 6.45) is 0.341. The molecule has 3 atom stereocenters. The lowest BCUT2D eigenvalue weighted by Crippen LogP contribution is -2.50. The van der Waals surface area contributed by atoms with Crippen LogP contribution in [0.3, 0.4) is 0 Å². The molecule has 14 nitrogen and oxygen atoms in total. The predicted octanol–water partition coefficient (Wildman–Crippen LogP) is 3.57. The van der Waals surface area contributed by atoms with Crippen molar-refractivity contribution >= 4 is 46.6 Å². The van der Waals surface area contributed by atoms with E-state index in [-0.39, 0.29) is 60.1 Å². The molecule has 2 aliphatic rings. The van der Waals surface area contributed by atoms with Gasteiger partial charge in [0, 0.05) is 17.5 Å². The van der Waals surface area contributed by atoms with Gasteiger partial charge in [0.25, 0.3) is 23.6 Å². The van der Waals surface area contributed by atoms with Gasteiger partial charge in [0.1, 0.15) is 28.3 Å². The first-order chi connectivity index (χ1) is 23.9. The third-order valence-corrected chi connectivity index (χ3v) is 9.36. The molecule has 6 rings (SSSR count). The van der Waals surface area contributed by atoms with E-state index >= 15 is 0 Å². The Labute approximate surface area is 292 Å². The number of anilines is 1. The highest BCUT2D eigenvalue weighted by atomic mass is 32.1. The average Bonchev–Trinajstić information content (AvgIpc) is 3.74. The van der Waals surface area contributed by atoms with Crippen LogP contribution in [0.25, 0.3) is 0 Å². The van der Waals surface area contributed by atoms with Crippen molar-refractivity contribution in [3.8, 4) is 5.75 Å². The minimum atomic E-state index is -0.724. The van der Waals surface area contributed by atoms with Crippen LogP contribution in [0.5, 0.6) is 5.75 Å². The molecule has 0 saturated heterocycles. The zero-order valence-corrected chi connectivity index (χ0v) is 28.8. The number of hydrogen-bond acceptors (Lipinski definition) is 10. The number of aromatic nitrogens is 2. The first-order valence-electron chi connectivity index (χ1n) is 16.2. The molecule has 2 aromatic heterocycles. The van der Waals surface area contributed by atoms with E-state index in [4.69, 9.17) is 9.15 Å². The van der Waals surface area contributed by atoms with Crippen molar-refractivity contribution in [1.29, 1.82) is 0 Å². The number of fused-ring (bicyclic) bond motifs is 5. The van der Waals surface area contributed by atoms with Gasteiger partial charge in [-0.15, -0.1) is 11.3 Å². The van der Waals surface area contributed by atoms with Crippen molar-refractivity contribution in [2.24, 2.45) is 5.92 Å². The van der Waals surface area contributed by atoms with Crippen LogP contribution in [0.1, 0.15) is 86.4 Å². The summed E-state index contributed by atoms with van der Waals surface area (Å²) in [6.45, 7) is 6.50. The quantitative estimate of drug-likeness (QED) is 0.247. The summed E-state index contributed by atoms with van der Waals surface area (Å²) in [5.74, 6) is -1.73. The second-order valence-corrected chi connectivity index (χ2v) is 13.5. The standard InChI is InChI=1S/C35H37N7O7S/c1-18(2)29-33-41-30(20(4)49-33)32(46)36-19(3)34-39-25(17-50-34)31(45)37-23(12-21-8-6-5-7-9-21)14-42(15-27(43)40-29)35(47)22-10-11-24-26(13-22)48-16-28(44)38-24/h5-11,13,17-19,23,29H,12,14-16H2,1-4H3,(H,36,46)(H,37,45)(H,38,44)(H,40,43)/t19-,23-,29+/m1/s1. The Bertz CT molecular complexity index is 1940. The summed E-state index contributed by atoms with van der Waals surface area (Å²) in [5.41, 5.74) is 1.76. The second kappa shape index (κ2) is 14.5. The predicted molar refractivity (Wildman–Crippen MR) is 183 cm³/mol. The number of aryl methyl sites for hydroxylation is 1. The Morgan fingerprint density at radius 1 is 1.00 bits per heavy atom. The molecule has 0 radical (unpaired) electrons. The summed E-state index contributed by atoms with van der Waals surface area (Å²) in [5, 5.41) is 13.7. The van der Waals surface area contributed by atoms with Crippen LogP contribution in [-0.4, -0.2) is 70.1 Å². The van der Waals surface area contributed by atoms with Crippen LogP contribution in [0.2, 0.25) is 0 Å². The lowest BCUT2D eigenvalue weighted by molar-refractivity contribution is -0.123. The SMILES string of the molecule is Cc1oc2nc1C(=O)N[C@H](C)c1nc(cs1)C(=O)N[C@H](Cc1ccccc1)CN(C(=O)c1ccc3c(c1)OCC(=O)N3)CC(=O)N[C@H]2C(C)C. The first-order valence-corrected chi connectivity index (χ1v) is 17.1. The van der Waals surface area contributed by atoms with Crippen LogP contribution in [-0.2, 0) is 16.0 Å². The highest BCUT2D eigenvalue weighted by Crippen LogP contribution is 2.30. The lowest BCUT2D eigenvalue weighted by atomic mass is 10.0. The van der Waals surface area contributed by atoms with E-state index in [0.29, 0.717) is 22.9 Å². The topological polar surface area (TPSA) is 185 Å². The fraction of sp³-hybridized carbons (Fsp3) is 0.343. The van der Waals surface area contributed by atoms with E-state index in [1.165, 1.54) is 22.3 Å². The van der Waals surface area contributed by atoms with Gasteiger partial charge < -0.3 is 35.3 Å². The molecule has 0 unspecified atom stereocenters. The molecule has 0 spiro atoms. The summed E-state index contributed by atoms with van der Waals surface area (Å²) in [4.78, 5) is 77.1. The summed E-state index contributed by atoms with van der Waals surface area (Å²) in [6, 6.07) is 12.2. The van der Waals surface area contributed by atoms with Gasteiger partial charge in [0.15, 0.2) is 12.3 Å². The molecule has 0 fully saturated rings. The fourth-order valence-electron chi connectivity index (χ4n) is 5.78.